The summed E-state index contributed by atoms with van der Waals surface area (Å²) < 4.78 is 38.2. The summed E-state index contributed by atoms with van der Waals surface area (Å²) >= 11 is 0. The minimum atomic E-state index is -4.34. The summed E-state index contributed by atoms with van der Waals surface area (Å²) in [5.74, 6) is -1.53. The number of halogens is 2. The molecular formula is C11H12F2N3O4P. The van der Waals surface area contributed by atoms with E-state index in [9.17, 15) is 18.5 Å². The zero-order chi connectivity index (χ0) is 15.6. The molecule has 0 amide bonds. The molecule has 114 valence electrons. The van der Waals surface area contributed by atoms with Crippen molar-refractivity contribution in [2.45, 2.75) is 12.6 Å². The number of rotatable bonds is 5. The Morgan fingerprint density at radius 3 is 2.67 bits per heavy atom. The Morgan fingerprint density at radius 2 is 2.05 bits per heavy atom. The van der Waals surface area contributed by atoms with Crippen molar-refractivity contribution < 1.29 is 28.2 Å². The lowest BCUT2D eigenvalue weighted by atomic mass is 10.1. The van der Waals surface area contributed by atoms with Crippen LogP contribution in [0.3, 0.4) is 0 Å². The quantitative estimate of drug-likeness (QED) is 0.702. The molecule has 7 nitrogen and oxygen atoms in total. The van der Waals surface area contributed by atoms with Gasteiger partial charge in [-0.3, -0.25) is 4.57 Å². The minimum absolute atomic E-state index is 0.0344. The third-order valence-corrected chi connectivity index (χ3v) is 3.49. The van der Waals surface area contributed by atoms with E-state index >= 15 is 0 Å². The summed E-state index contributed by atoms with van der Waals surface area (Å²) in [4.78, 5) is 17.5. The normalized spacial score (nSPS) is 13.4. The number of benzene rings is 1. The van der Waals surface area contributed by atoms with Crippen molar-refractivity contribution in [1.29, 1.82) is 0 Å². The standard InChI is InChI=1S/C11H12F2N3O4P/c12-7-1-2-9(10(13)3-7)11-5-16(15-14-11)4-8(17)6-21(18,19)20/h1-3,5,8,17H,4,6H2,(H2,18,19,20). The number of aliphatic hydroxyl groups is 1. The van der Waals surface area contributed by atoms with Crippen LogP contribution >= 0.6 is 7.60 Å². The van der Waals surface area contributed by atoms with Gasteiger partial charge in [0.25, 0.3) is 0 Å². The molecule has 1 heterocycles. The fourth-order valence-electron chi connectivity index (χ4n) is 1.76. The highest BCUT2D eigenvalue weighted by Gasteiger charge is 2.20. The van der Waals surface area contributed by atoms with Gasteiger partial charge in [-0.05, 0) is 12.1 Å². The first-order valence-electron chi connectivity index (χ1n) is 5.83. The lowest BCUT2D eigenvalue weighted by Crippen LogP contribution is -2.20. The SMILES string of the molecule is O=P(O)(O)CC(O)Cn1cc(-c2ccc(F)cc2F)nn1. The number of hydrogen-bond donors (Lipinski definition) is 3. The lowest BCUT2D eigenvalue weighted by Gasteiger charge is -2.10. The van der Waals surface area contributed by atoms with Gasteiger partial charge in [0.05, 0.1) is 25.0 Å². The second-order valence-electron chi connectivity index (χ2n) is 4.45. The second-order valence-corrected chi connectivity index (χ2v) is 6.15. The predicted octanol–water partition coefficient (Wildman–Crippen LogP) is 0.762. The van der Waals surface area contributed by atoms with Gasteiger partial charge >= 0.3 is 7.60 Å². The molecule has 21 heavy (non-hydrogen) atoms. The van der Waals surface area contributed by atoms with Crippen LogP contribution in [0, 0.1) is 11.6 Å². The van der Waals surface area contributed by atoms with Crippen molar-refractivity contribution >= 4 is 7.60 Å². The lowest BCUT2D eigenvalue weighted by molar-refractivity contribution is 0.163. The molecule has 10 heteroatoms. The number of aromatic nitrogens is 3. The molecule has 0 radical (unpaired) electrons. The molecule has 1 atom stereocenters. The van der Waals surface area contributed by atoms with E-state index in [1.807, 2.05) is 0 Å². The smallest absolute Gasteiger partial charge is 0.328 e. The molecule has 0 spiro atoms. The van der Waals surface area contributed by atoms with Crippen molar-refractivity contribution in [2.75, 3.05) is 6.16 Å². The molecule has 1 unspecified atom stereocenters. The molecule has 1 aromatic heterocycles. The molecule has 0 aliphatic rings. The summed E-state index contributed by atoms with van der Waals surface area (Å²) in [7, 11) is -4.34. The Morgan fingerprint density at radius 1 is 1.33 bits per heavy atom. The highest BCUT2D eigenvalue weighted by Crippen LogP contribution is 2.35. The van der Waals surface area contributed by atoms with E-state index in [1.54, 1.807) is 0 Å². The zero-order valence-electron chi connectivity index (χ0n) is 10.6. The topological polar surface area (TPSA) is 108 Å². The first-order valence-corrected chi connectivity index (χ1v) is 7.62. The number of aliphatic hydroxyl groups excluding tert-OH is 1. The molecule has 0 saturated carbocycles. The molecule has 3 N–H and O–H groups in total. The average Bonchev–Trinajstić information content (AvgIpc) is 2.74. The Bertz CT molecular complexity index is 688. The van der Waals surface area contributed by atoms with Gasteiger partial charge in [0.1, 0.15) is 17.3 Å². The fraction of sp³-hybridized carbons (Fsp3) is 0.273. The maximum atomic E-state index is 13.6. The molecule has 0 saturated heterocycles. The van der Waals surface area contributed by atoms with Gasteiger partial charge in [-0.1, -0.05) is 5.21 Å². The van der Waals surface area contributed by atoms with Crippen LogP contribution in [0.4, 0.5) is 8.78 Å². The second kappa shape index (κ2) is 5.98. The fourth-order valence-corrected chi connectivity index (χ4v) is 2.42. The summed E-state index contributed by atoms with van der Waals surface area (Å²) in [5, 5.41) is 16.8. The van der Waals surface area contributed by atoms with Gasteiger partial charge in [-0.25, -0.2) is 13.5 Å². The van der Waals surface area contributed by atoms with E-state index in [-0.39, 0.29) is 17.8 Å². The van der Waals surface area contributed by atoms with E-state index in [0.717, 1.165) is 10.7 Å². The van der Waals surface area contributed by atoms with Crippen LogP contribution in [-0.2, 0) is 11.1 Å². The van der Waals surface area contributed by atoms with E-state index in [2.05, 4.69) is 10.3 Å². The van der Waals surface area contributed by atoms with Crippen LogP contribution in [-0.4, -0.2) is 42.2 Å². The summed E-state index contributed by atoms with van der Waals surface area (Å²) in [6, 6.07) is 2.97. The summed E-state index contributed by atoms with van der Waals surface area (Å²) in [6.45, 7) is -0.207. The highest BCUT2D eigenvalue weighted by atomic mass is 31.2. The van der Waals surface area contributed by atoms with Gasteiger partial charge in [-0.2, -0.15) is 0 Å². The van der Waals surface area contributed by atoms with Gasteiger partial charge in [0, 0.05) is 11.6 Å². The summed E-state index contributed by atoms with van der Waals surface area (Å²) in [5.41, 5.74) is 0.156. The Hall–Kier alpha value is -1.67. The van der Waals surface area contributed by atoms with Crippen LogP contribution in [0.5, 0.6) is 0 Å². The maximum absolute atomic E-state index is 13.6. The van der Waals surface area contributed by atoms with Crippen molar-refractivity contribution in [3.05, 3.63) is 36.0 Å². The van der Waals surface area contributed by atoms with E-state index < -0.39 is 31.5 Å². The van der Waals surface area contributed by atoms with Gasteiger partial charge in [-0.15, -0.1) is 5.10 Å². The van der Waals surface area contributed by atoms with Crippen LogP contribution in [0.1, 0.15) is 0 Å². The van der Waals surface area contributed by atoms with Crippen molar-refractivity contribution in [1.82, 2.24) is 15.0 Å². The van der Waals surface area contributed by atoms with Gasteiger partial charge < -0.3 is 14.9 Å². The largest absolute Gasteiger partial charge is 0.391 e. The first-order chi connectivity index (χ1) is 9.74. The minimum Gasteiger partial charge on any atom is -0.391 e. The molecule has 2 rings (SSSR count). The van der Waals surface area contributed by atoms with Crippen molar-refractivity contribution in [3.8, 4) is 11.3 Å². The Balaban J connectivity index is 2.13. The molecule has 0 aliphatic heterocycles. The monoisotopic (exact) mass is 319 g/mol. The van der Waals surface area contributed by atoms with E-state index in [4.69, 9.17) is 9.79 Å². The van der Waals surface area contributed by atoms with Crippen LogP contribution < -0.4 is 0 Å². The molecule has 2 aromatic rings. The van der Waals surface area contributed by atoms with Gasteiger partial charge in [0.15, 0.2) is 0 Å². The third-order valence-electron chi connectivity index (χ3n) is 2.59. The Kier molecular flexibility index (Phi) is 4.48. The maximum Gasteiger partial charge on any atom is 0.328 e. The van der Waals surface area contributed by atoms with Crippen LogP contribution in [0.15, 0.2) is 24.4 Å². The molecule has 0 fully saturated rings. The number of nitrogens with zero attached hydrogens (tertiary/aromatic N) is 3. The molecule has 0 bridgehead atoms. The van der Waals surface area contributed by atoms with Crippen molar-refractivity contribution in [2.24, 2.45) is 0 Å². The first kappa shape index (κ1) is 15.7. The number of hydrogen-bond acceptors (Lipinski definition) is 4. The van der Waals surface area contributed by atoms with Crippen LogP contribution in [0.2, 0.25) is 0 Å². The van der Waals surface area contributed by atoms with Gasteiger partial charge in [0.2, 0.25) is 0 Å². The van der Waals surface area contributed by atoms with E-state index in [1.165, 1.54) is 12.3 Å². The predicted molar refractivity (Wildman–Crippen MR) is 68.3 cm³/mol. The molecule has 1 aromatic carbocycles. The van der Waals surface area contributed by atoms with Crippen molar-refractivity contribution in [3.63, 3.8) is 0 Å². The van der Waals surface area contributed by atoms with Crippen LogP contribution in [0.25, 0.3) is 11.3 Å². The highest BCUT2D eigenvalue weighted by molar-refractivity contribution is 7.51. The average molecular weight is 319 g/mol. The zero-order valence-corrected chi connectivity index (χ0v) is 11.5. The molecular weight excluding hydrogens is 307 g/mol. The summed E-state index contributed by atoms with van der Waals surface area (Å²) in [6.07, 6.45) is -0.745. The van der Waals surface area contributed by atoms with E-state index in [0.29, 0.717) is 6.07 Å². The molecule has 0 aliphatic carbocycles. The Labute approximate surface area is 118 Å². The third kappa shape index (κ3) is 4.40.